The predicted molar refractivity (Wildman–Crippen MR) is 72.5 cm³/mol. The highest BCUT2D eigenvalue weighted by atomic mass is 32.2. The second-order valence-electron chi connectivity index (χ2n) is 3.60. The van der Waals surface area contributed by atoms with Crippen molar-refractivity contribution < 1.29 is 0 Å². The van der Waals surface area contributed by atoms with E-state index in [4.69, 9.17) is 0 Å². The van der Waals surface area contributed by atoms with E-state index in [1.807, 2.05) is 25.9 Å². The van der Waals surface area contributed by atoms with Crippen molar-refractivity contribution in [1.82, 2.24) is 24.3 Å². The molecule has 0 bridgehead atoms. The summed E-state index contributed by atoms with van der Waals surface area (Å²) in [5.74, 6) is 1.91. The highest BCUT2D eigenvalue weighted by Gasteiger charge is 2.11. The molecule has 96 valence electrons. The maximum atomic E-state index is 4.35. The molecule has 0 saturated carbocycles. The molecule has 0 amide bonds. The van der Waals surface area contributed by atoms with Crippen molar-refractivity contribution in [2.75, 3.05) is 31.4 Å². The molecular formula is C9H13N7S2. The van der Waals surface area contributed by atoms with Gasteiger partial charge in [0.2, 0.25) is 17.1 Å². The number of nitrogens with zero attached hydrogens (tertiary/aromatic N) is 6. The van der Waals surface area contributed by atoms with Crippen LogP contribution in [-0.4, -0.2) is 45.5 Å². The Hall–Kier alpha value is -1.48. The number of hydrogen-bond donors (Lipinski definition) is 1. The zero-order valence-corrected chi connectivity index (χ0v) is 12.1. The van der Waals surface area contributed by atoms with Crippen molar-refractivity contribution in [3.05, 3.63) is 5.82 Å². The van der Waals surface area contributed by atoms with Gasteiger partial charge in [-0.05, 0) is 30.2 Å². The molecule has 0 aliphatic rings. The Labute approximate surface area is 113 Å². The Morgan fingerprint density at radius 3 is 2.50 bits per heavy atom. The number of aromatic nitrogens is 5. The third-order valence-corrected chi connectivity index (χ3v) is 3.62. The van der Waals surface area contributed by atoms with Crippen LogP contribution >= 0.6 is 23.3 Å². The smallest absolute Gasteiger partial charge is 0.230 e. The van der Waals surface area contributed by atoms with Crippen LogP contribution in [0, 0.1) is 6.92 Å². The SMILES string of the molecule is CNc1nc(Sc2nc(C)ns2)nc(N(C)C)n1. The van der Waals surface area contributed by atoms with Crippen molar-refractivity contribution in [2.45, 2.75) is 16.4 Å². The second-order valence-corrected chi connectivity index (χ2v) is 5.56. The first kappa shape index (κ1) is 13.0. The fourth-order valence-electron chi connectivity index (χ4n) is 1.10. The van der Waals surface area contributed by atoms with Gasteiger partial charge in [-0.1, -0.05) is 0 Å². The number of anilines is 2. The van der Waals surface area contributed by atoms with E-state index in [1.54, 1.807) is 7.05 Å². The molecule has 2 heterocycles. The van der Waals surface area contributed by atoms with Crippen LogP contribution in [0.4, 0.5) is 11.9 Å². The lowest BCUT2D eigenvalue weighted by Gasteiger charge is -2.11. The fraction of sp³-hybridized carbons (Fsp3) is 0.444. The lowest BCUT2D eigenvalue weighted by atomic mass is 10.8. The minimum absolute atomic E-state index is 0.539. The molecule has 0 fully saturated rings. The van der Waals surface area contributed by atoms with E-state index in [9.17, 15) is 0 Å². The highest BCUT2D eigenvalue weighted by Crippen LogP contribution is 2.27. The Balaban J connectivity index is 2.29. The quantitative estimate of drug-likeness (QED) is 0.899. The van der Waals surface area contributed by atoms with Gasteiger partial charge in [-0.3, -0.25) is 0 Å². The first-order valence-corrected chi connectivity index (χ1v) is 6.77. The molecule has 7 nitrogen and oxygen atoms in total. The van der Waals surface area contributed by atoms with Crippen molar-refractivity contribution in [3.8, 4) is 0 Å². The first-order chi connectivity index (χ1) is 8.58. The topological polar surface area (TPSA) is 79.7 Å². The average Bonchev–Trinajstić information content (AvgIpc) is 2.74. The Bertz CT molecular complexity index is 539. The average molecular weight is 283 g/mol. The standard InChI is InChI=1S/C9H13N7S2/c1-5-11-9(18-15-5)17-8-13-6(10-2)12-7(14-8)16(3)4/h1-4H3,(H,10,12,13,14). The summed E-state index contributed by atoms with van der Waals surface area (Å²) in [6.07, 6.45) is 0. The third kappa shape index (κ3) is 3.05. The lowest BCUT2D eigenvalue weighted by molar-refractivity contribution is 0.869. The number of nitrogens with one attached hydrogen (secondary N) is 1. The molecular weight excluding hydrogens is 270 g/mol. The van der Waals surface area contributed by atoms with Crippen LogP contribution in [-0.2, 0) is 0 Å². The monoisotopic (exact) mass is 283 g/mol. The highest BCUT2D eigenvalue weighted by molar-refractivity contribution is 8.00. The second kappa shape index (κ2) is 5.44. The summed E-state index contributed by atoms with van der Waals surface area (Å²) in [6, 6.07) is 0. The maximum absolute atomic E-state index is 4.35. The van der Waals surface area contributed by atoms with E-state index < -0.39 is 0 Å². The van der Waals surface area contributed by atoms with Gasteiger partial charge in [-0.2, -0.15) is 19.3 Å². The summed E-state index contributed by atoms with van der Waals surface area (Å²) in [4.78, 5) is 19.0. The van der Waals surface area contributed by atoms with Crippen molar-refractivity contribution >= 4 is 35.2 Å². The molecule has 1 N–H and O–H groups in total. The van der Waals surface area contributed by atoms with E-state index in [2.05, 4.69) is 29.6 Å². The largest absolute Gasteiger partial charge is 0.357 e. The van der Waals surface area contributed by atoms with Crippen LogP contribution in [0.1, 0.15) is 5.82 Å². The summed E-state index contributed by atoms with van der Waals surface area (Å²) in [7, 11) is 5.55. The van der Waals surface area contributed by atoms with Gasteiger partial charge >= 0.3 is 0 Å². The van der Waals surface area contributed by atoms with Crippen molar-refractivity contribution in [3.63, 3.8) is 0 Å². The van der Waals surface area contributed by atoms with Gasteiger partial charge in [0.1, 0.15) is 5.82 Å². The molecule has 0 atom stereocenters. The molecule has 0 unspecified atom stereocenters. The maximum Gasteiger partial charge on any atom is 0.230 e. The van der Waals surface area contributed by atoms with Crippen LogP contribution < -0.4 is 10.2 Å². The molecule has 2 rings (SSSR count). The molecule has 2 aromatic rings. The molecule has 0 radical (unpaired) electrons. The molecule has 18 heavy (non-hydrogen) atoms. The van der Waals surface area contributed by atoms with Crippen LogP contribution in [0.25, 0.3) is 0 Å². The van der Waals surface area contributed by atoms with Gasteiger partial charge in [0, 0.05) is 21.1 Å². The molecule has 9 heteroatoms. The van der Waals surface area contributed by atoms with E-state index in [0.29, 0.717) is 17.1 Å². The normalized spacial score (nSPS) is 10.4. The summed E-state index contributed by atoms with van der Waals surface area (Å²) < 4.78 is 4.95. The molecule has 0 aliphatic carbocycles. The molecule has 0 aromatic carbocycles. The minimum atomic E-state index is 0.539. The van der Waals surface area contributed by atoms with Crippen LogP contribution in [0.5, 0.6) is 0 Å². The molecule has 2 aromatic heterocycles. The Kier molecular flexibility index (Phi) is 3.92. The van der Waals surface area contributed by atoms with Gasteiger partial charge in [-0.25, -0.2) is 4.98 Å². The minimum Gasteiger partial charge on any atom is -0.357 e. The van der Waals surface area contributed by atoms with E-state index >= 15 is 0 Å². The van der Waals surface area contributed by atoms with Crippen LogP contribution in [0.3, 0.4) is 0 Å². The number of rotatable bonds is 4. The lowest BCUT2D eigenvalue weighted by Crippen LogP contribution is -2.15. The zero-order valence-electron chi connectivity index (χ0n) is 10.5. The van der Waals surface area contributed by atoms with E-state index in [1.165, 1.54) is 23.3 Å². The van der Waals surface area contributed by atoms with Gasteiger partial charge in [0.15, 0.2) is 4.34 Å². The summed E-state index contributed by atoms with van der Waals surface area (Å²) in [6.45, 7) is 1.86. The first-order valence-electron chi connectivity index (χ1n) is 5.18. The Morgan fingerprint density at radius 1 is 1.17 bits per heavy atom. The van der Waals surface area contributed by atoms with Crippen molar-refractivity contribution in [2.24, 2.45) is 0 Å². The molecule has 0 spiro atoms. The third-order valence-electron chi connectivity index (χ3n) is 1.91. The van der Waals surface area contributed by atoms with Gasteiger partial charge in [0.05, 0.1) is 0 Å². The van der Waals surface area contributed by atoms with Gasteiger partial charge in [0.25, 0.3) is 0 Å². The van der Waals surface area contributed by atoms with E-state index in [-0.39, 0.29) is 0 Å². The zero-order chi connectivity index (χ0) is 13.1. The summed E-state index contributed by atoms with van der Waals surface area (Å²) in [5, 5.41) is 3.52. The summed E-state index contributed by atoms with van der Waals surface area (Å²) in [5.41, 5.74) is 0. The van der Waals surface area contributed by atoms with Crippen molar-refractivity contribution in [1.29, 1.82) is 0 Å². The van der Waals surface area contributed by atoms with Crippen LogP contribution in [0.15, 0.2) is 9.50 Å². The molecule has 0 saturated heterocycles. The Morgan fingerprint density at radius 2 is 1.94 bits per heavy atom. The fourth-order valence-corrected chi connectivity index (χ4v) is 2.60. The van der Waals surface area contributed by atoms with Gasteiger partial charge in [-0.15, -0.1) is 0 Å². The molecule has 0 aliphatic heterocycles. The summed E-state index contributed by atoms with van der Waals surface area (Å²) >= 11 is 2.73. The van der Waals surface area contributed by atoms with E-state index in [0.717, 1.165) is 10.2 Å². The van der Waals surface area contributed by atoms with Crippen LogP contribution in [0.2, 0.25) is 0 Å². The number of hydrogen-bond acceptors (Lipinski definition) is 9. The number of aryl methyl sites for hydroxylation is 1. The predicted octanol–water partition coefficient (Wildman–Crippen LogP) is 1.29. The van der Waals surface area contributed by atoms with Gasteiger partial charge < -0.3 is 10.2 Å².